The molecule has 0 spiro atoms. The van der Waals surface area contributed by atoms with Crippen molar-refractivity contribution in [2.24, 2.45) is 11.8 Å². The van der Waals surface area contributed by atoms with E-state index in [1.165, 1.54) is 71.2 Å². The number of hydrogen-bond donors (Lipinski definition) is 0. The van der Waals surface area contributed by atoms with Crippen molar-refractivity contribution in [2.75, 3.05) is 32.7 Å². The number of rotatable bonds is 6. The van der Waals surface area contributed by atoms with E-state index in [0.717, 1.165) is 17.9 Å². The molecule has 0 aromatic rings. The molecule has 0 aromatic carbocycles. The highest BCUT2D eigenvalue weighted by atomic mass is 15.2. The van der Waals surface area contributed by atoms with Gasteiger partial charge in [0.15, 0.2) is 0 Å². The lowest BCUT2D eigenvalue weighted by Gasteiger charge is -2.23. The summed E-state index contributed by atoms with van der Waals surface area (Å²) in [7, 11) is 0. The van der Waals surface area contributed by atoms with Gasteiger partial charge in [-0.3, -0.25) is 0 Å². The van der Waals surface area contributed by atoms with Gasteiger partial charge in [0.2, 0.25) is 0 Å². The fraction of sp³-hybridized carbons (Fsp3) is 1.00. The topological polar surface area (TPSA) is 6.48 Å². The van der Waals surface area contributed by atoms with Gasteiger partial charge in [-0.05, 0) is 83.1 Å². The maximum Gasteiger partial charge on any atom is 0.00980 e. The standard InChI is InChI=1S/C10H21N.C9H19N/c1-4-11-7-5-6-10(11)8-9(2)3;1-9(2)5-8-10-6-3-4-7-10/h9-10H,4-8H2,1-3H3;9H,3-8H2,1-2H3. The van der Waals surface area contributed by atoms with Crippen LogP contribution < -0.4 is 0 Å². The maximum atomic E-state index is 2.62. The Bertz CT molecular complexity index is 244. The molecule has 1 unspecified atom stereocenters. The molecule has 0 radical (unpaired) electrons. The Morgan fingerprint density at radius 3 is 2.10 bits per heavy atom. The largest absolute Gasteiger partial charge is 0.303 e. The zero-order valence-corrected chi connectivity index (χ0v) is 15.4. The normalized spacial score (nSPS) is 23.9. The van der Waals surface area contributed by atoms with E-state index >= 15 is 0 Å². The Labute approximate surface area is 134 Å². The molecule has 126 valence electrons. The minimum atomic E-state index is 0.868. The van der Waals surface area contributed by atoms with Crippen molar-refractivity contribution < 1.29 is 0 Å². The summed E-state index contributed by atoms with van der Waals surface area (Å²) in [6, 6.07) is 0.903. The summed E-state index contributed by atoms with van der Waals surface area (Å²) >= 11 is 0. The third kappa shape index (κ3) is 8.21. The summed E-state index contributed by atoms with van der Waals surface area (Å²) in [5, 5.41) is 0. The molecule has 2 fully saturated rings. The average molecular weight is 297 g/mol. The molecular weight excluding hydrogens is 256 g/mol. The SMILES string of the molecule is CC(C)CCN1CCCC1.CCN1CCCC1CC(C)C. The third-order valence-electron chi connectivity index (χ3n) is 4.87. The Hall–Kier alpha value is -0.0800. The van der Waals surface area contributed by atoms with Crippen molar-refractivity contribution >= 4 is 0 Å². The quantitative estimate of drug-likeness (QED) is 0.704. The predicted molar refractivity (Wildman–Crippen MR) is 94.9 cm³/mol. The summed E-state index contributed by atoms with van der Waals surface area (Å²) in [6.45, 7) is 18.2. The van der Waals surface area contributed by atoms with Crippen LogP contribution in [0, 0.1) is 11.8 Å². The maximum absolute atomic E-state index is 2.62. The van der Waals surface area contributed by atoms with Crippen molar-refractivity contribution in [2.45, 2.75) is 79.2 Å². The van der Waals surface area contributed by atoms with Crippen LogP contribution in [0.1, 0.15) is 73.1 Å². The highest BCUT2D eigenvalue weighted by Crippen LogP contribution is 2.22. The summed E-state index contributed by atoms with van der Waals surface area (Å²) in [5.74, 6) is 1.74. The van der Waals surface area contributed by atoms with Crippen molar-refractivity contribution in [1.29, 1.82) is 0 Å². The van der Waals surface area contributed by atoms with Gasteiger partial charge in [-0.2, -0.15) is 0 Å². The van der Waals surface area contributed by atoms with E-state index in [1.807, 2.05) is 0 Å². The number of nitrogens with zero attached hydrogens (tertiary/aromatic N) is 2. The monoisotopic (exact) mass is 296 g/mol. The molecule has 2 saturated heterocycles. The molecule has 0 saturated carbocycles. The van der Waals surface area contributed by atoms with Crippen LogP contribution in [-0.4, -0.2) is 48.6 Å². The Morgan fingerprint density at radius 2 is 1.57 bits per heavy atom. The highest BCUT2D eigenvalue weighted by Gasteiger charge is 2.22. The van der Waals surface area contributed by atoms with E-state index in [1.54, 1.807) is 0 Å². The van der Waals surface area contributed by atoms with Gasteiger partial charge in [-0.25, -0.2) is 0 Å². The smallest absolute Gasteiger partial charge is 0.00980 e. The van der Waals surface area contributed by atoms with Crippen molar-refractivity contribution in [1.82, 2.24) is 9.80 Å². The summed E-state index contributed by atoms with van der Waals surface area (Å²) in [4.78, 5) is 5.21. The second kappa shape index (κ2) is 10.6. The van der Waals surface area contributed by atoms with E-state index < -0.39 is 0 Å². The van der Waals surface area contributed by atoms with E-state index in [9.17, 15) is 0 Å². The van der Waals surface area contributed by atoms with Crippen LogP contribution in [0.2, 0.25) is 0 Å². The summed E-state index contributed by atoms with van der Waals surface area (Å²) in [6.07, 6.45) is 8.49. The number of hydrogen-bond acceptors (Lipinski definition) is 2. The highest BCUT2D eigenvalue weighted by molar-refractivity contribution is 4.78. The zero-order valence-electron chi connectivity index (χ0n) is 15.4. The van der Waals surface area contributed by atoms with E-state index in [-0.39, 0.29) is 0 Å². The van der Waals surface area contributed by atoms with Crippen LogP contribution >= 0.6 is 0 Å². The molecule has 0 N–H and O–H groups in total. The van der Waals surface area contributed by atoms with Gasteiger partial charge in [0.25, 0.3) is 0 Å². The number of likely N-dealkylation sites (tertiary alicyclic amines) is 2. The molecule has 1 atom stereocenters. The van der Waals surface area contributed by atoms with E-state index in [0.29, 0.717) is 0 Å². The Morgan fingerprint density at radius 1 is 0.905 bits per heavy atom. The molecule has 2 aliphatic rings. The van der Waals surface area contributed by atoms with Gasteiger partial charge in [0, 0.05) is 6.04 Å². The van der Waals surface area contributed by atoms with Gasteiger partial charge in [-0.15, -0.1) is 0 Å². The average Bonchev–Trinajstić information content (AvgIpc) is 3.07. The fourth-order valence-electron chi connectivity index (χ4n) is 3.57. The predicted octanol–water partition coefficient (Wildman–Crippen LogP) is 4.65. The first-order chi connectivity index (χ1) is 10.0. The molecule has 2 heterocycles. The van der Waals surface area contributed by atoms with Crippen LogP contribution in [-0.2, 0) is 0 Å². The fourth-order valence-corrected chi connectivity index (χ4v) is 3.57. The first-order valence-corrected chi connectivity index (χ1v) is 9.49. The molecule has 2 heteroatoms. The Kier molecular flexibility index (Phi) is 9.59. The Balaban J connectivity index is 0.000000211. The van der Waals surface area contributed by atoms with Crippen LogP contribution in [0.15, 0.2) is 0 Å². The van der Waals surface area contributed by atoms with Gasteiger partial charge in [-0.1, -0.05) is 34.6 Å². The lowest BCUT2D eigenvalue weighted by atomic mass is 10.0. The molecule has 2 rings (SSSR count). The third-order valence-corrected chi connectivity index (χ3v) is 4.87. The second-order valence-electron chi connectivity index (χ2n) is 7.79. The van der Waals surface area contributed by atoms with Crippen molar-refractivity contribution in [3.05, 3.63) is 0 Å². The van der Waals surface area contributed by atoms with Crippen molar-refractivity contribution in [3.8, 4) is 0 Å². The van der Waals surface area contributed by atoms with Crippen LogP contribution in [0.25, 0.3) is 0 Å². The molecule has 2 aliphatic heterocycles. The molecule has 0 aliphatic carbocycles. The van der Waals surface area contributed by atoms with Gasteiger partial charge < -0.3 is 9.80 Å². The van der Waals surface area contributed by atoms with Crippen LogP contribution in [0.3, 0.4) is 0 Å². The van der Waals surface area contributed by atoms with Gasteiger partial charge in [0.05, 0.1) is 0 Å². The lowest BCUT2D eigenvalue weighted by molar-refractivity contribution is 0.237. The zero-order chi connectivity index (χ0) is 15.7. The van der Waals surface area contributed by atoms with E-state index in [4.69, 9.17) is 0 Å². The molecular formula is C19H40N2. The van der Waals surface area contributed by atoms with E-state index in [2.05, 4.69) is 44.4 Å². The lowest BCUT2D eigenvalue weighted by Crippen LogP contribution is -2.30. The summed E-state index contributed by atoms with van der Waals surface area (Å²) in [5.41, 5.74) is 0. The first-order valence-electron chi connectivity index (χ1n) is 9.49. The first kappa shape index (κ1) is 19.0. The van der Waals surface area contributed by atoms with Crippen molar-refractivity contribution in [3.63, 3.8) is 0 Å². The molecule has 0 aromatic heterocycles. The van der Waals surface area contributed by atoms with Crippen LogP contribution in [0.5, 0.6) is 0 Å². The van der Waals surface area contributed by atoms with Gasteiger partial charge in [0.1, 0.15) is 0 Å². The minimum absolute atomic E-state index is 0.868. The minimum Gasteiger partial charge on any atom is -0.303 e. The second-order valence-corrected chi connectivity index (χ2v) is 7.79. The van der Waals surface area contributed by atoms with Gasteiger partial charge >= 0.3 is 0 Å². The molecule has 0 bridgehead atoms. The summed E-state index contributed by atoms with van der Waals surface area (Å²) < 4.78 is 0. The van der Waals surface area contributed by atoms with Crippen LogP contribution in [0.4, 0.5) is 0 Å². The molecule has 0 amide bonds. The molecule has 21 heavy (non-hydrogen) atoms. The molecule has 2 nitrogen and oxygen atoms in total.